The van der Waals surface area contributed by atoms with Gasteiger partial charge in [-0.05, 0) is 24.3 Å². The Morgan fingerprint density at radius 2 is 2.00 bits per heavy atom. The lowest BCUT2D eigenvalue weighted by molar-refractivity contribution is 0.0698. The number of benzene rings is 1. The van der Waals surface area contributed by atoms with Crippen molar-refractivity contribution in [2.45, 2.75) is 0 Å². The van der Waals surface area contributed by atoms with Gasteiger partial charge in [-0.1, -0.05) is 12.1 Å². The van der Waals surface area contributed by atoms with Crippen LogP contribution in [0.2, 0.25) is 0 Å². The molecule has 2 heterocycles. The van der Waals surface area contributed by atoms with Gasteiger partial charge in [0.05, 0.1) is 11.0 Å². The minimum atomic E-state index is -0.957. The zero-order chi connectivity index (χ0) is 11.1. The number of carboxylic acid groups (broad SMARTS) is 1. The Labute approximate surface area is 90.8 Å². The molecule has 0 spiro atoms. The maximum absolute atomic E-state index is 11.0. The molecule has 0 bridgehead atoms. The highest BCUT2D eigenvalue weighted by Gasteiger charge is 2.12. The van der Waals surface area contributed by atoms with Crippen LogP contribution in [0.1, 0.15) is 10.4 Å². The minimum absolute atomic E-state index is 0.221. The summed E-state index contributed by atoms with van der Waals surface area (Å²) in [6, 6.07) is 10.8. The van der Waals surface area contributed by atoms with Crippen molar-refractivity contribution < 1.29 is 9.90 Å². The highest BCUT2D eigenvalue weighted by Crippen LogP contribution is 2.18. The van der Waals surface area contributed by atoms with Crippen LogP contribution in [-0.2, 0) is 0 Å². The van der Waals surface area contributed by atoms with Crippen molar-refractivity contribution in [2.75, 3.05) is 0 Å². The van der Waals surface area contributed by atoms with Gasteiger partial charge in [0.2, 0.25) is 0 Å². The van der Waals surface area contributed by atoms with Gasteiger partial charge in [-0.25, -0.2) is 9.78 Å². The van der Waals surface area contributed by atoms with E-state index in [-0.39, 0.29) is 5.56 Å². The third kappa shape index (κ3) is 1.10. The van der Waals surface area contributed by atoms with Crippen LogP contribution < -0.4 is 0 Å². The van der Waals surface area contributed by atoms with E-state index in [0.717, 1.165) is 11.0 Å². The highest BCUT2D eigenvalue weighted by atomic mass is 16.4. The molecule has 4 heteroatoms. The average molecular weight is 212 g/mol. The van der Waals surface area contributed by atoms with Crippen molar-refractivity contribution in [2.24, 2.45) is 0 Å². The summed E-state index contributed by atoms with van der Waals surface area (Å²) in [4.78, 5) is 15.4. The number of hydrogen-bond donors (Lipinski definition) is 1. The lowest BCUT2D eigenvalue weighted by Gasteiger charge is -1.97. The molecule has 0 aliphatic carbocycles. The summed E-state index contributed by atoms with van der Waals surface area (Å²) in [5, 5.41) is 9.05. The van der Waals surface area contributed by atoms with Crippen molar-refractivity contribution in [3.05, 3.63) is 48.2 Å². The minimum Gasteiger partial charge on any atom is -0.478 e. The van der Waals surface area contributed by atoms with Gasteiger partial charge in [0, 0.05) is 6.20 Å². The lowest BCUT2D eigenvalue weighted by Crippen LogP contribution is -1.99. The molecule has 1 aromatic carbocycles. The van der Waals surface area contributed by atoms with Crippen LogP contribution in [0, 0.1) is 0 Å². The number of aromatic carboxylic acids is 1. The van der Waals surface area contributed by atoms with E-state index in [4.69, 9.17) is 5.11 Å². The Bertz CT molecular complexity index is 700. The van der Waals surface area contributed by atoms with Crippen molar-refractivity contribution in [1.29, 1.82) is 0 Å². The number of carboxylic acids is 1. The van der Waals surface area contributed by atoms with Gasteiger partial charge in [-0.15, -0.1) is 0 Å². The number of hydrogen-bond acceptors (Lipinski definition) is 2. The molecule has 1 N–H and O–H groups in total. The molecule has 0 saturated carbocycles. The summed E-state index contributed by atoms with van der Waals surface area (Å²) in [6.45, 7) is 0. The van der Waals surface area contributed by atoms with Gasteiger partial charge in [-0.3, -0.25) is 4.40 Å². The number of nitrogens with zero attached hydrogens (tertiary/aromatic N) is 2. The van der Waals surface area contributed by atoms with Gasteiger partial charge < -0.3 is 5.11 Å². The molecule has 4 nitrogen and oxygen atoms in total. The number of fused-ring (bicyclic) bond motifs is 3. The molecule has 0 unspecified atom stereocenters. The normalized spacial score (nSPS) is 11.0. The van der Waals surface area contributed by atoms with Crippen molar-refractivity contribution in [3.8, 4) is 0 Å². The van der Waals surface area contributed by atoms with E-state index >= 15 is 0 Å². The first kappa shape index (κ1) is 8.91. The van der Waals surface area contributed by atoms with E-state index in [0.29, 0.717) is 5.65 Å². The molecule has 0 aliphatic rings. The van der Waals surface area contributed by atoms with Crippen LogP contribution in [0.4, 0.5) is 0 Å². The van der Waals surface area contributed by atoms with Crippen LogP contribution in [0.5, 0.6) is 0 Å². The molecule has 0 aliphatic heterocycles. The third-order valence-electron chi connectivity index (χ3n) is 2.57. The molecular weight excluding hydrogens is 204 g/mol. The molecular formula is C12H8N2O2. The predicted octanol–water partition coefficient (Wildman–Crippen LogP) is 2.19. The molecule has 0 radical (unpaired) electrons. The number of carbonyl (C=O) groups is 1. The Balaban J connectivity index is 2.54. The summed E-state index contributed by atoms with van der Waals surface area (Å²) in [6.07, 6.45) is 1.82. The summed E-state index contributed by atoms with van der Waals surface area (Å²) < 4.78 is 1.79. The van der Waals surface area contributed by atoms with Crippen molar-refractivity contribution in [3.63, 3.8) is 0 Å². The van der Waals surface area contributed by atoms with E-state index in [1.807, 2.05) is 30.5 Å². The molecule has 2 aromatic heterocycles. The van der Waals surface area contributed by atoms with E-state index in [9.17, 15) is 4.79 Å². The van der Waals surface area contributed by atoms with Gasteiger partial charge in [0.25, 0.3) is 0 Å². The van der Waals surface area contributed by atoms with E-state index in [2.05, 4.69) is 4.98 Å². The maximum atomic E-state index is 11.0. The van der Waals surface area contributed by atoms with Gasteiger partial charge in [0.15, 0.2) is 5.65 Å². The molecule has 0 atom stereocenters. The number of aromatic nitrogens is 2. The molecule has 0 amide bonds. The molecule has 3 aromatic rings. The molecule has 16 heavy (non-hydrogen) atoms. The smallest absolute Gasteiger partial charge is 0.339 e. The SMILES string of the molecule is O=C(O)c1cccn2c1nc1ccccc12. The fourth-order valence-corrected chi connectivity index (χ4v) is 1.85. The highest BCUT2D eigenvalue weighted by molar-refractivity contribution is 5.96. The standard InChI is InChI=1S/C12H8N2O2/c15-12(16)8-4-3-7-14-10-6-2-1-5-9(10)13-11(8)14/h1-7H,(H,15,16). The first-order valence-electron chi connectivity index (χ1n) is 4.86. The largest absolute Gasteiger partial charge is 0.478 e. The molecule has 3 rings (SSSR count). The fourth-order valence-electron chi connectivity index (χ4n) is 1.85. The van der Waals surface area contributed by atoms with Crippen molar-refractivity contribution in [1.82, 2.24) is 9.38 Å². The fraction of sp³-hybridized carbons (Fsp3) is 0. The van der Waals surface area contributed by atoms with Crippen molar-refractivity contribution >= 4 is 22.6 Å². The lowest BCUT2D eigenvalue weighted by atomic mass is 10.3. The second-order valence-electron chi connectivity index (χ2n) is 3.52. The van der Waals surface area contributed by atoms with E-state index in [1.54, 1.807) is 16.5 Å². The van der Waals surface area contributed by atoms with Gasteiger partial charge in [0.1, 0.15) is 5.56 Å². The Hall–Kier alpha value is -2.36. The zero-order valence-corrected chi connectivity index (χ0v) is 8.29. The maximum Gasteiger partial charge on any atom is 0.339 e. The Kier molecular flexibility index (Phi) is 1.71. The summed E-state index contributed by atoms with van der Waals surface area (Å²) in [7, 11) is 0. The summed E-state index contributed by atoms with van der Waals surface area (Å²) in [5.74, 6) is -0.957. The van der Waals surface area contributed by atoms with Crippen LogP contribution >= 0.6 is 0 Å². The van der Waals surface area contributed by atoms with E-state index < -0.39 is 5.97 Å². The number of rotatable bonds is 1. The summed E-state index contributed by atoms with van der Waals surface area (Å²) >= 11 is 0. The number of imidazole rings is 1. The van der Waals surface area contributed by atoms with Crippen LogP contribution in [0.3, 0.4) is 0 Å². The van der Waals surface area contributed by atoms with Gasteiger partial charge >= 0.3 is 5.97 Å². The second kappa shape index (κ2) is 3.06. The van der Waals surface area contributed by atoms with Crippen LogP contribution in [0.25, 0.3) is 16.7 Å². The molecule has 0 fully saturated rings. The summed E-state index contributed by atoms with van der Waals surface area (Å²) in [5.41, 5.74) is 2.42. The Morgan fingerprint density at radius 1 is 1.19 bits per heavy atom. The number of para-hydroxylation sites is 2. The monoisotopic (exact) mass is 212 g/mol. The topological polar surface area (TPSA) is 54.6 Å². The Morgan fingerprint density at radius 3 is 2.81 bits per heavy atom. The van der Waals surface area contributed by atoms with Crippen LogP contribution in [-0.4, -0.2) is 20.5 Å². The first-order chi connectivity index (χ1) is 7.77. The average Bonchev–Trinajstić information content (AvgIpc) is 2.67. The second-order valence-corrected chi connectivity index (χ2v) is 3.52. The molecule has 78 valence electrons. The van der Waals surface area contributed by atoms with Crippen LogP contribution in [0.15, 0.2) is 42.6 Å². The predicted molar refractivity (Wildman–Crippen MR) is 59.7 cm³/mol. The third-order valence-corrected chi connectivity index (χ3v) is 2.57. The van der Waals surface area contributed by atoms with Gasteiger partial charge in [-0.2, -0.15) is 0 Å². The quantitative estimate of drug-likeness (QED) is 0.672. The van der Waals surface area contributed by atoms with E-state index in [1.165, 1.54) is 0 Å². The first-order valence-corrected chi connectivity index (χ1v) is 4.86. The number of pyridine rings is 1. The zero-order valence-electron chi connectivity index (χ0n) is 8.29. The molecule has 0 saturated heterocycles.